The van der Waals surface area contributed by atoms with E-state index in [1.807, 2.05) is 9.80 Å². The summed E-state index contributed by atoms with van der Waals surface area (Å²) in [6, 6.07) is 0. The molecule has 0 saturated heterocycles. The summed E-state index contributed by atoms with van der Waals surface area (Å²) in [6.07, 6.45) is 2.71. The Bertz CT molecular complexity index is 1210. The first-order valence-corrected chi connectivity index (χ1v) is 23.4. The number of carbonyl (C=O) groups is 6. The van der Waals surface area contributed by atoms with Crippen LogP contribution in [0, 0.1) is 0 Å². The van der Waals surface area contributed by atoms with Gasteiger partial charge in [0.05, 0.1) is 13.1 Å². The first-order chi connectivity index (χ1) is 30.2. The fraction of sp³-hybridized carbons (Fsp3) is 0.867. The van der Waals surface area contributed by atoms with Gasteiger partial charge in [0.15, 0.2) is 0 Å². The maximum atomic E-state index is 13.1. The number of nitrogens with two attached hydrogens (primary N) is 1. The van der Waals surface area contributed by atoms with Gasteiger partial charge in [0.1, 0.15) is 22.4 Å². The normalized spacial score (nSPS) is 12.1. The van der Waals surface area contributed by atoms with Crippen molar-refractivity contribution in [1.82, 2.24) is 46.6 Å². The predicted molar refractivity (Wildman–Crippen MR) is 254 cm³/mol. The molecule has 0 aliphatic rings. The van der Waals surface area contributed by atoms with E-state index in [1.54, 1.807) is 83.1 Å². The minimum Gasteiger partial charge on any atom is -0.444 e. The van der Waals surface area contributed by atoms with Crippen LogP contribution in [-0.2, 0) is 28.5 Å². The number of alkyl carbamates (subject to hydrolysis) is 4. The Morgan fingerprint density at radius 2 is 0.569 bits per heavy atom. The lowest BCUT2D eigenvalue weighted by Gasteiger charge is -2.24. The minimum absolute atomic E-state index is 0.117. The molecule has 0 unspecified atom stereocenters. The van der Waals surface area contributed by atoms with Gasteiger partial charge in [-0.1, -0.05) is 0 Å². The average molecular weight is 931 g/mol. The monoisotopic (exact) mass is 931 g/mol. The number of hydrogen-bond acceptors (Lipinski definition) is 14. The number of rotatable bonds is 31. The molecule has 0 atom stereocenters. The Morgan fingerprint density at radius 3 is 0.800 bits per heavy atom. The number of nitrogens with zero attached hydrogens (tertiary/aromatic N) is 3. The van der Waals surface area contributed by atoms with Crippen LogP contribution in [-0.4, -0.2) is 178 Å². The highest BCUT2D eigenvalue weighted by atomic mass is 16.6. The molecule has 0 aliphatic carbocycles. The van der Waals surface area contributed by atoms with Crippen LogP contribution in [0.3, 0.4) is 0 Å². The van der Waals surface area contributed by atoms with Crippen LogP contribution in [0.15, 0.2) is 0 Å². The molecule has 20 nitrogen and oxygen atoms in total. The van der Waals surface area contributed by atoms with Crippen LogP contribution in [0.4, 0.5) is 19.2 Å². The van der Waals surface area contributed by atoms with Gasteiger partial charge in [-0.2, -0.15) is 0 Å². The highest BCUT2D eigenvalue weighted by molar-refractivity contribution is 5.78. The third kappa shape index (κ3) is 41.1. The molecule has 0 bridgehead atoms. The van der Waals surface area contributed by atoms with E-state index in [0.29, 0.717) is 97.7 Å². The van der Waals surface area contributed by atoms with Crippen molar-refractivity contribution in [3.8, 4) is 0 Å². The Labute approximate surface area is 390 Å². The van der Waals surface area contributed by atoms with Crippen molar-refractivity contribution in [2.75, 3.05) is 105 Å². The number of nitrogens with one attached hydrogen (secondary N) is 6. The van der Waals surface area contributed by atoms with Crippen LogP contribution in [0.25, 0.3) is 0 Å². The van der Waals surface area contributed by atoms with Gasteiger partial charge in [0, 0.05) is 65.4 Å². The summed E-state index contributed by atoms with van der Waals surface area (Å²) in [6.45, 7) is 29.5. The second-order valence-electron chi connectivity index (χ2n) is 20.1. The Balaban J connectivity index is 5.03. The molecule has 0 spiro atoms. The largest absolute Gasteiger partial charge is 0.444 e. The van der Waals surface area contributed by atoms with Gasteiger partial charge in [0.25, 0.3) is 0 Å². The molecule has 20 heteroatoms. The van der Waals surface area contributed by atoms with E-state index >= 15 is 0 Å². The van der Waals surface area contributed by atoms with Gasteiger partial charge in [-0.3, -0.25) is 19.4 Å². The maximum Gasteiger partial charge on any atom is 0.407 e. The summed E-state index contributed by atoms with van der Waals surface area (Å²) < 4.78 is 21.2. The zero-order valence-corrected chi connectivity index (χ0v) is 42.3. The second-order valence-corrected chi connectivity index (χ2v) is 20.1. The van der Waals surface area contributed by atoms with Crippen molar-refractivity contribution in [3.63, 3.8) is 0 Å². The zero-order chi connectivity index (χ0) is 49.5. The van der Waals surface area contributed by atoms with Crippen molar-refractivity contribution >= 4 is 36.2 Å². The summed E-state index contributed by atoms with van der Waals surface area (Å²) in [5, 5.41) is 17.1. The highest BCUT2D eigenvalue weighted by Crippen LogP contribution is 2.09. The zero-order valence-electron chi connectivity index (χ0n) is 42.3. The van der Waals surface area contributed by atoms with Crippen molar-refractivity contribution in [2.45, 2.75) is 150 Å². The molecule has 0 heterocycles. The summed E-state index contributed by atoms with van der Waals surface area (Å²) in [5.41, 5.74) is 3.43. The molecule has 0 rings (SSSR count). The van der Waals surface area contributed by atoms with Crippen LogP contribution in [0.2, 0.25) is 0 Å². The number of hydrogen-bond donors (Lipinski definition) is 7. The molecule has 380 valence electrons. The molecule has 0 fully saturated rings. The quantitative estimate of drug-likeness (QED) is 0.0385. The lowest BCUT2D eigenvalue weighted by molar-refractivity contribution is -0.123. The van der Waals surface area contributed by atoms with Gasteiger partial charge in [-0.15, -0.1) is 0 Å². The van der Waals surface area contributed by atoms with Crippen molar-refractivity contribution in [3.05, 3.63) is 0 Å². The standard InChI is InChI=1S/C45H90N10O10/c1-42(2,3)62-38(58)49-23-16-30-54(31-17-24-50-39(59)63-43(4,5)6)34-36(56)47-21-14-28-53(27-13-20-46)29-15-22-48-37(57)35-55(32-18-25-51-40(60)64-44(7,8)9)33-19-26-52-41(61)65-45(10,11)12/h13-35,46H2,1-12H3,(H,47,56)(H,48,57)(H,49,58)(H,50,59)(H,51,60)(H,52,61). The first-order valence-electron chi connectivity index (χ1n) is 23.4. The van der Waals surface area contributed by atoms with Crippen LogP contribution < -0.4 is 37.6 Å². The molecule has 0 saturated carbocycles. The van der Waals surface area contributed by atoms with Gasteiger partial charge in [0.2, 0.25) is 11.8 Å². The molecule has 0 radical (unpaired) electrons. The molecule has 0 aliphatic heterocycles. The van der Waals surface area contributed by atoms with Crippen LogP contribution >= 0.6 is 0 Å². The summed E-state index contributed by atoms with van der Waals surface area (Å²) in [5.74, 6) is -0.233. The minimum atomic E-state index is -0.599. The lowest BCUT2D eigenvalue weighted by Crippen LogP contribution is -2.41. The first kappa shape index (κ1) is 60.9. The molecule has 8 N–H and O–H groups in total. The fourth-order valence-corrected chi connectivity index (χ4v) is 6.00. The second kappa shape index (κ2) is 32.5. The van der Waals surface area contributed by atoms with E-state index in [1.165, 1.54) is 0 Å². The SMILES string of the molecule is CC(C)(C)OC(=O)NCCCN(CCCNC(=O)OC(C)(C)C)CC(=O)NCCCN(CCCN)CCCNC(=O)CN(CCCNC(=O)OC(C)(C)C)CCCNC(=O)OC(C)(C)C. The highest BCUT2D eigenvalue weighted by Gasteiger charge is 2.20. The van der Waals surface area contributed by atoms with Crippen LogP contribution in [0.1, 0.15) is 128 Å². The molecule has 6 amide bonds. The van der Waals surface area contributed by atoms with E-state index in [2.05, 4.69) is 36.8 Å². The van der Waals surface area contributed by atoms with E-state index in [0.717, 1.165) is 38.9 Å². The Kier molecular flexibility index (Phi) is 30.4. The van der Waals surface area contributed by atoms with E-state index in [-0.39, 0.29) is 24.9 Å². The smallest absolute Gasteiger partial charge is 0.407 e. The van der Waals surface area contributed by atoms with E-state index in [4.69, 9.17) is 24.7 Å². The predicted octanol–water partition coefficient (Wildman–Crippen LogP) is 3.91. The molecule has 0 aromatic carbocycles. The number of ether oxygens (including phenoxy) is 4. The third-order valence-corrected chi connectivity index (χ3v) is 8.64. The maximum absolute atomic E-state index is 13.1. The van der Waals surface area contributed by atoms with Crippen molar-refractivity contribution < 1.29 is 47.7 Å². The summed E-state index contributed by atoms with van der Waals surface area (Å²) in [7, 11) is 0. The Morgan fingerprint density at radius 1 is 0.354 bits per heavy atom. The summed E-state index contributed by atoms with van der Waals surface area (Å²) >= 11 is 0. The van der Waals surface area contributed by atoms with Crippen molar-refractivity contribution in [1.29, 1.82) is 0 Å². The summed E-state index contributed by atoms with van der Waals surface area (Å²) in [4.78, 5) is 80.7. The van der Waals surface area contributed by atoms with E-state index < -0.39 is 46.8 Å². The molecular formula is C45H90N10O10. The lowest BCUT2D eigenvalue weighted by atomic mass is 10.2. The molecule has 0 aromatic heterocycles. The topological polar surface area (TPSA) is 247 Å². The van der Waals surface area contributed by atoms with E-state index in [9.17, 15) is 28.8 Å². The van der Waals surface area contributed by atoms with Gasteiger partial charge in [-0.25, -0.2) is 19.2 Å². The average Bonchev–Trinajstić information content (AvgIpc) is 3.14. The molecular weight excluding hydrogens is 841 g/mol. The molecule has 65 heavy (non-hydrogen) atoms. The van der Waals surface area contributed by atoms with Gasteiger partial charge < -0.3 is 61.5 Å². The fourth-order valence-electron chi connectivity index (χ4n) is 6.00. The van der Waals surface area contributed by atoms with Gasteiger partial charge >= 0.3 is 24.4 Å². The van der Waals surface area contributed by atoms with Gasteiger partial charge in [-0.05, 0) is 154 Å². The number of carbonyl (C=O) groups excluding carboxylic acids is 6. The Hall–Kier alpha value is -4.14. The third-order valence-electron chi connectivity index (χ3n) is 8.64. The molecule has 0 aromatic rings. The van der Waals surface area contributed by atoms with Crippen LogP contribution in [0.5, 0.6) is 0 Å². The number of amides is 6. The van der Waals surface area contributed by atoms with Crippen molar-refractivity contribution in [2.24, 2.45) is 5.73 Å².